The van der Waals surface area contributed by atoms with Gasteiger partial charge in [-0.05, 0) is 39.2 Å². The van der Waals surface area contributed by atoms with E-state index in [2.05, 4.69) is 11.8 Å². The van der Waals surface area contributed by atoms with Gasteiger partial charge in [0.25, 0.3) is 0 Å². The first kappa shape index (κ1) is 11.0. The first-order valence-electron chi connectivity index (χ1n) is 5.63. The minimum Gasteiger partial charge on any atom is -0.412 e. The lowest BCUT2D eigenvalue weighted by molar-refractivity contribution is 0.150. The maximum Gasteiger partial charge on any atom is 0.00980 e. The molecule has 2 nitrogen and oxygen atoms in total. The first-order chi connectivity index (χ1) is 5.88. The molecule has 1 aliphatic carbocycles. The molecule has 0 aromatic heterocycles. The van der Waals surface area contributed by atoms with E-state index in [0.717, 1.165) is 12.1 Å². The number of hydrogen-bond acceptors (Lipinski definition) is 1. The van der Waals surface area contributed by atoms with Crippen LogP contribution in [0.4, 0.5) is 0 Å². The third-order valence-corrected chi connectivity index (χ3v) is 3.65. The van der Waals surface area contributed by atoms with Gasteiger partial charge in [-0.2, -0.15) is 0 Å². The van der Waals surface area contributed by atoms with Crippen LogP contribution in [0.5, 0.6) is 0 Å². The smallest absolute Gasteiger partial charge is 0.00980 e. The van der Waals surface area contributed by atoms with Crippen molar-refractivity contribution in [2.24, 2.45) is 0 Å². The molecule has 0 amide bonds. The number of hydrogen-bond donors (Lipinski definition) is 0. The zero-order valence-electron chi connectivity index (χ0n) is 8.76. The lowest BCUT2D eigenvalue weighted by Crippen LogP contribution is -2.38. The normalized spacial score (nSPS) is 31.6. The Bertz CT molecular complexity index is 143. The highest BCUT2D eigenvalue weighted by Gasteiger charge is 2.28. The Kier molecular flexibility index (Phi) is 4.20. The summed E-state index contributed by atoms with van der Waals surface area (Å²) < 4.78 is 0. The molecule has 1 saturated carbocycles. The molecule has 0 bridgehead atoms. The molecule has 0 spiro atoms. The van der Waals surface area contributed by atoms with Crippen molar-refractivity contribution in [2.75, 3.05) is 6.54 Å². The molecule has 78 valence electrons. The second kappa shape index (κ2) is 4.97. The molecule has 0 aromatic carbocycles. The van der Waals surface area contributed by atoms with Gasteiger partial charge in [0.1, 0.15) is 0 Å². The summed E-state index contributed by atoms with van der Waals surface area (Å²) in [6, 6.07) is 1.84. The van der Waals surface area contributed by atoms with Crippen molar-refractivity contribution in [1.29, 1.82) is 0 Å². The predicted molar refractivity (Wildman–Crippen MR) is 55.9 cm³/mol. The van der Waals surface area contributed by atoms with E-state index in [9.17, 15) is 0 Å². The fourth-order valence-electron chi connectivity index (χ4n) is 2.91. The average Bonchev–Trinajstić information content (AvgIpc) is 2.53. The van der Waals surface area contributed by atoms with Crippen LogP contribution in [-0.2, 0) is 0 Å². The van der Waals surface area contributed by atoms with E-state index in [1.807, 2.05) is 0 Å². The lowest BCUT2D eigenvalue weighted by atomic mass is 9.94. The number of likely N-dealkylation sites (tertiary alicyclic amines) is 1. The van der Waals surface area contributed by atoms with Crippen molar-refractivity contribution in [3.63, 3.8) is 0 Å². The monoisotopic (exact) mass is 185 g/mol. The second-order valence-corrected chi connectivity index (χ2v) is 4.52. The van der Waals surface area contributed by atoms with Crippen molar-refractivity contribution < 1.29 is 5.48 Å². The highest BCUT2D eigenvalue weighted by molar-refractivity contribution is 4.83. The summed E-state index contributed by atoms with van der Waals surface area (Å²) in [5.74, 6) is 0. The van der Waals surface area contributed by atoms with Crippen LogP contribution in [0.3, 0.4) is 0 Å². The zero-order valence-corrected chi connectivity index (χ0v) is 8.76. The van der Waals surface area contributed by atoms with Crippen LogP contribution >= 0.6 is 0 Å². The fourth-order valence-corrected chi connectivity index (χ4v) is 2.91. The molecule has 1 aliphatic heterocycles. The summed E-state index contributed by atoms with van der Waals surface area (Å²) in [6.07, 6.45) is 10.3. The highest BCUT2D eigenvalue weighted by atomic mass is 16.0. The summed E-state index contributed by atoms with van der Waals surface area (Å²) in [6.45, 7) is 3.79. The Morgan fingerprint density at radius 1 is 0.923 bits per heavy atom. The highest BCUT2D eigenvalue weighted by Crippen LogP contribution is 2.28. The van der Waals surface area contributed by atoms with E-state index in [0.29, 0.717) is 0 Å². The van der Waals surface area contributed by atoms with Crippen LogP contribution in [0.1, 0.15) is 51.9 Å². The Hall–Kier alpha value is -0.0800. The Balaban J connectivity index is 0.000000845. The molecule has 2 rings (SSSR count). The fraction of sp³-hybridized carbons (Fsp3) is 1.00. The van der Waals surface area contributed by atoms with Gasteiger partial charge in [-0.1, -0.05) is 19.3 Å². The molecule has 2 fully saturated rings. The third kappa shape index (κ3) is 2.44. The first-order valence-corrected chi connectivity index (χ1v) is 5.63. The molecule has 1 saturated heterocycles. The summed E-state index contributed by atoms with van der Waals surface area (Å²) in [7, 11) is 0. The second-order valence-electron chi connectivity index (χ2n) is 4.52. The van der Waals surface area contributed by atoms with E-state index >= 15 is 0 Å². The van der Waals surface area contributed by atoms with Gasteiger partial charge >= 0.3 is 0 Å². The van der Waals surface area contributed by atoms with E-state index in [1.165, 1.54) is 51.5 Å². The topological polar surface area (TPSA) is 34.7 Å². The van der Waals surface area contributed by atoms with Gasteiger partial charge < -0.3 is 5.48 Å². The number of nitrogens with zero attached hydrogens (tertiary/aromatic N) is 1. The van der Waals surface area contributed by atoms with Crippen molar-refractivity contribution in [2.45, 2.75) is 64.0 Å². The van der Waals surface area contributed by atoms with E-state index in [4.69, 9.17) is 0 Å². The van der Waals surface area contributed by atoms with Crippen LogP contribution in [-0.4, -0.2) is 29.0 Å². The molecular formula is C11H23NO. The summed E-state index contributed by atoms with van der Waals surface area (Å²) in [5.41, 5.74) is 0. The molecule has 1 unspecified atom stereocenters. The molecule has 2 heteroatoms. The van der Waals surface area contributed by atoms with Crippen molar-refractivity contribution in [3.05, 3.63) is 0 Å². The van der Waals surface area contributed by atoms with E-state index in [-0.39, 0.29) is 5.48 Å². The van der Waals surface area contributed by atoms with E-state index in [1.54, 1.807) is 0 Å². The van der Waals surface area contributed by atoms with Crippen LogP contribution in [0.15, 0.2) is 0 Å². The van der Waals surface area contributed by atoms with Gasteiger partial charge in [0.2, 0.25) is 0 Å². The number of rotatable bonds is 1. The molecule has 2 aliphatic rings. The molecule has 2 N–H and O–H groups in total. The maximum absolute atomic E-state index is 2.76. The van der Waals surface area contributed by atoms with Gasteiger partial charge in [0.05, 0.1) is 0 Å². The minimum absolute atomic E-state index is 0. The molecule has 1 heterocycles. The SMILES string of the molecule is CC1CCCN1C1CCCCC1.O. The van der Waals surface area contributed by atoms with E-state index < -0.39 is 0 Å². The molecule has 13 heavy (non-hydrogen) atoms. The third-order valence-electron chi connectivity index (χ3n) is 3.65. The van der Waals surface area contributed by atoms with Gasteiger partial charge in [-0.3, -0.25) is 4.90 Å². The summed E-state index contributed by atoms with van der Waals surface area (Å²) >= 11 is 0. The molecule has 1 atom stereocenters. The lowest BCUT2D eigenvalue weighted by Gasteiger charge is -2.34. The molecular weight excluding hydrogens is 162 g/mol. The van der Waals surface area contributed by atoms with Gasteiger partial charge in [-0.15, -0.1) is 0 Å². The van der Waals surface area contributed by atoms with Crippen LogP contribution in [0.2, 0.25) is 0 Å². The van der Waals surface area contributed by atoms with Gasteiger partial charge in [0, 0.05) is 12.1 Å². The largest absolute Gasteiger partial charge is 0.412 e. The summed E-state index contributed by atoms with van der Waals surface area (Å²) in [5, 5.41) is 0. The van der Waals surface area contributed by atoms with Crippen LogP contribution < -0.4 is 0 Å². The Morgan fingerprint density at radius 2 is 1.62 bits per heavy atom. The quantitative estimate of drug-likeness (QED) is 0.615. The Morgan fingerprint density at radius 3 is 2.15 bits per heavy atom. The molecule has 0 radical (unpaired) electrons. The maximum atomic E-state index is 2.76. The molecule has 0 aromatic rings. The van der Waals surface area contributed by atoms with Crippen molar-refractivity contribution in [3.8, 4) is 0 Å². The zero-order chi connectivity index (χ0) is 8.39. The van der Waals surface area contributed by atoms with Crippen molar-refractivity contribution >= 4 is 0 Å². The standard InChI is InChI=1S/C11H21N.H2O/c1-10-6-5-9-12(10)11-7-3-2-4-8-11;/h10-11H,2-9H2,1H3;1H2. The Labute approximate surface area is 81.6 Å². The summed E-state index contributed by atoms with van der Waals surface area (Å²) in [4.78, 5) is 2.76. The predicted octanol–water partition coefficient (Wildman–Crippen LogP) is 1.98. The van der Waals surface area contributed by atoms with Crippen LogP contribution in [0.25, 0.3) is 0 Å². The average molecular weight is 185 g/mol. The van der Waals surface area contributed by atoms with Crippen molar-refractivity contribution in [1.82, 2.24) is 4.90 Å². The minimum atomic E-state index is 0. The van der Waals surface area contributed by atoms with Gasteiger partial charge in [-0.25, -0.2) is 0 Å². The van der Waals surface area contributed by atoms with Gasteiger partial charge in [0.15, 0.2) is 0 Å². The van der Waals surface area contributed by atoms with Crippen LogP contribution in [0, 0.1) is 0 Å².